The quantitative estimate of drug-likeness (QED) is 0.505. The molecule has 76 valence electrons. The summed E-state index contributed by atoms with van der Waals surface area (Å²) < 4.78 is 0.806. The van der Waals surface area contributed by atoms with E-state index in [9.17, 15) is 0 Å². The summed E-state index contributed by atoms with van der Waals surface area (Å²) in [6, 6.07) is 3.65. The number of nitrogens with zero attached hydrogens (tertiary/aromatic N) is 1. The van der Waals surface area contributed by atoms with Crippen molar-refractivity contribution in [3.05, 3.63) is 27.2 Å². The fourth-order valence-corrected chi connectivity index (χ4v) is 1.68. The van der Waals surface area contributed by atoms with Gasteiger partial charge in [0.25, 0.3) is 0 Å². The molecule has 0 unspecified atom stereocenters. The highest BCUT2D eigenvalue weighted by Crippen LogP contribution is 2.30. The third-order valence-corrected chi connectivity index (χ3v) is 3.23. The Morgan fingerprint density at radius 1 is 1.57 bits per heavy atom. The van der Waals surface area contributed by atoms with Crippen LogP contribution in [0.1, 0.15) is 5.56 Å². The fraction of sp³-hybridized carbons (Fsp3) is 0.222. The van der Waals surface area contributed by atoms with Crippen LogP contribution in [0.2, 0.25) is 5.02 Å². The first-order chi connectivity index (χ1) is 6.54. The summed E-state index contributed by atoms with van der Waals surface area (Å²) in [5.41, 5.74) is 7.21. The molecular weight excluding hydrogens is 287 g/mol. The first kappa shape index (κ1) is 11.8. The summed E-state index contributed by atoms with van der Waals surface area (Å²) in [7, 11) is 0. The van der Waals surface area contributed by atoms with E-state index in [2.05, 4.69) is 20.9 Å². The van der Waals surface area contributed by atoms with Gasteiger partial charge in [-0.2, -0.15) is 0 Å². The van der Waals surface area contributed by atoms with Gasteiger partial charge in [0.05, 0.1) is 16.6 Å². The van der Waals surface area contributed by atoms with Crippen molar-refractivity contribution in [2.75, 3.05) is 5.88 Å². The molecule has 0 aliphatic carbocycles. The number of hydrogen-bond donors (Lipinski definition) is 1. The summed E-state index contributed by atoms with van der Waals surface area (Å²) in [6.45, 7) is 1.91. The Labute approximate surface area is 101 Å². The van der Waals surface area contributed by atoms with E-state index in [0.717, 1.165) is 15.7 Å². The van der Waals surface area contributed by atoms with E-state index in [-0.39, 0.29) is 5.88 Å². The van der Waals surface area contributed by atoms with Crippen LogP contribution in [-0.2, 0) is 0 Å². The number of hydrogen-bond acceptors (Lipinski definition) is 1. The average Bonchev–Trinajstić information content (AvgIpc) is 2.14. The van der Waals surface area contributed by atoms with E-state index in [4.69, 9.17) is 28.9 Å². The minimum absolute atomic E-state index is 0.222. The van der Waals surface area contributed by atoms with Crippen LogP contribution in [-0.4, -0.2) is 11.7 Å². The highest BCUT2D eigenvalue weighted by molar-refractivity contribution is 9.10. The fourth-order valence-electron chi connectivity index (χ4n) is 0.969. The predicted molar refractivity (Wildman–Crippen MR) is 65.9 cm³/mol. The normalized spacial score (nSPS) is 11.9. The molecule has 1 aromatic rings. The third kappa shape index (κ3) is 2.87. The number of nitrogens with two attached hydrogens (primary N) is 1. The van der Waals surface area contributed by atoms with Crippen molar-refractivity contribution in [3.8, 4) is 0 Å². The first-order valence-electron chi connectivity index (χ1n) is 3.89. The van der Waals surface area contributed by atoms with Gasteiger partial charge in [0.15, 0.2) is 0 Å². The van der Waals surface area contributed by atoms with E-state index in [1.165, 1.54) is 0 Å². The Kier molecular flexibility index (Phi) is 4.23. The number of aryl methyl sites for hydroxylation is 1. The number of amidine groups is 1. The Morgan fingerprint density at radius 2 is 2.21 bits per heavy atom. The predicted octanol–water partition coefficient (Wildman–Crippen LogP) is 3.64. The van der Waals surface area contributed by atoms with Gasteiger partial charge in [-0.05, 0) is 40.5 Å². The average molecular weight is 296 g/mol. The number of halogens is 3. The zero-order valence-corrected chi connectivity index (χ0v) is 10.6. The number of rotatable bonds is 2. The Balaban J connectivity index is 3.13. The van der Waals surface area contributed by atoms with Crippen LogP contribution in [0, 0.1) is 6.92 Å². The molecule has 0 aromatic heterocycles. The largest absolute Gasteiger partial charge is 0.386 e. The van der Waals surface area contributed by atoms with Crippen LogP contribution in [0.5, 0.6) is 0 Å². The molecule has 0 bridgehead atoms. The van der Waals surface area contributed by atoms with Gasteiger partial charge < -0.3 is 5.73 Å². The minimum atomic E-state index is 0.222. The lowest BCUT2D eigenvalue weighted by Crippen LogP contribution is -2.12. The van der Waals surface area contributed by atoms with E-state index >= 15 is 0 Å². The topological polar surface area (TPSA) is 38.4 Å². The lowest BCUT2D eigenvalue weighted by Gasteiger charge is -2.03. The zero-order valence-electron chi connectivity index (χ0n) is 7.52. The second-order valence-electron chi connectivity index (χ2n) is 2.80. The molecule has 14 heavy (non-hydrogen) atoms. The number of benzene rings is 1. The van der Waals surface area contributed by atoms with Crippen molar-refractivity contribution in [2.45, 2.75) is 6.92 Å². The lowest BCUT2D eigenvalue weighted by atomic mass is 10.2. The van der Waals surface area contributed by atoms with Gasteiger partial charge in [-0.3, -0.25) is 0 Å². The summed E-state index contributed by atoms with van der Waals surface area (Å²) >= 11 is 14.8. The molecule has 0 aliphatic heterocycles. The van der Waals surface area contributed by atoms with E-state index in [1.54, 1.807) is 6.07 Å². The Hall–Kier alpha value is -0.250. The molecule has 1 rings (SSSR count). The smallest absolute Gasteiger partial charge is 0.115 e. The van der Waals surface area contributed by atoms with E-state index < -0.39 is 0 Å². The van der Waals surface area contributed by atoms with Crippen LogP contribution in [0.25, 0.3) is 0 Å². The van der Waals surface area contributed by atoms with Crippen LogP contribution in [0.4, 0.5) is 5.69 Å². The minimum Gasteiger partial charge on any atom is -0.386 e. The molecule has 2 N–H and O–H groups in total. The van der Waals surface area contributed by atoms with Crippen molar-refractivity contribution >= 4 is 50.7 Å². The SMILES string of the molecule is Cc1cc(N=C(N)CCl)cc(Br)c1Cl. The van der Waals surface area contributed by atoms with Crippen molar-refractivity contribution < 1.29 is 0 Å². The molecule has 5 heteroatoms. The van der Waals surface area contributed by atoms with Crippen LogP contribution < -0.4 is 5.73 Å². The Bertz CT molecular complexity index is 354. The molecule has 0 fully saturated rings. The molecule has 0 saturated heterocycles. The molecule has 0 spiro atoms. The maximum atomic E-state index is 5.97. The summed E-state index contributed by atoms with van der Waals surface area (Å²) in [6.07, 6.45) is 0. The van der Waals surface area contributed by atoms with Gasteiger partial charge in [0.1, 0.15) is 5.84 Å². The highest BCUT2D eigenvalue weighted by Gasteiger charge is 2.03. The molecule has 0 amide bonds. The van der Waals surface area contributed by atoms with Gasteiger partial charge >= 0.3 is 0 Å². The van der Waals surface area contributed by atoms with E-state index in [0.29, 0.717) is 10.9 Å². The van der Waals surface area contributed by atoms with Gasteiger partial charge in [-0.25, -0.2) is 4.99 Å². The molecule has 2 nitrogen and oxygen atoms in total. The molecule has 1 aromatic carbocycles. The second-order valence-corrected chi connectivity index (χ2v) is 4.29. The third-order valence-electron chi connectivity index (χ3n) is 1.60. The lowest BCUT2D eigenvalue weighted by molar-refractivity contribution is 1.39. The summed E-state index contributed by atoms with van der Waals surface area (Å²) in [5, 5.41) is 0.688. The van der Waals surface area contributed by atoms with Gasteiger partial charge in [0, 0.05) is 4.47 Å². The summed E-state index contributed by atoms with van der Waals surface area (Å²) in [5.74, 6) is 0.611. The van der Waals surface area contributed by atoms with Crippen LogP contribution in [0.3, 0.4) is 0 Å². The van der Waals surface area contributed by atoms with Crippen molar-refractivity contribution in [3.63, 3.8) is 0 Å². The van der Waals surface area contributed by atoms with Gasteiger partial charge in [-0.15, -0.1) is 11.6 Å². The van der Waals surface area contributed by atoms with Crippen LogP contribution >= 0.6 is 39.1 Å². The van der Waals surface area contributed by atoms with Crippen molar-refractivity contribution in [1.29, 1.82) is 0 Å². The Morgan fingerprint density at radius 3 is 2.71 bits per heavy atom. The monoisotopic (exact) mass is 294 g/mol. The van der Waals surface area contributed by atoms with Gasteiger partial charge in [0.2, 0.25) is 0 Å². The number of alkyl halides is 1. The molecule has 0 saturated carbocycles. The van der Waals surface area contributed by atoms with Gasteiger partial charge in [-0.1, -0.05) is 11.6 Å². The van der Waals surface area contributed by atoms with E-state index in [1.807, 2.05) is 13.0 Å². The van der Waals surface area contributed by atoms with Crippen LogP contribution in [0.15, 0.2) is 21.6 Å². The highest BCUT2D eigenvalue weighted by atomic mass is 79.9. The number of aliphatic imine (C=N–C) groups is 1. The zero-order chi connectivity index (χ0) is 10.7. The molecule has 0 heterocycles. The first-order valence-corrected chi connectivity index (χ1v) is 5.59. The molecule has 0 radical (unpaired) electrons. The summed E-state index contributed by atoms with van der Waals surface area (Å²) in [4.78, 5) is 4.11. The van der Waals surface area contributed by atoms with Crippen molar-refractivity contribution in [1.82, 2.24) is 0 Å². The maximum Gasteiger partial charge on any atom is 0.115 e. The molecule has 0 aliphatic rings. The molecular formula is C9H9BrCl2N2. The maximum absolute atomic E-state index is 5.97. The second kappa shape index (κ2) is 5.01. The van der Waals surface area contributed by atoms with Crippen molar-refractivity contribution in [2.24, 2.45) is 10.7 Å². The standard InChI is InChI=1S/C9H9BrCl2N2/c1-5-2-6(14-8(13)4-11)3-7(10)9(5)12/h2-3H,4H2,1H3,(H2,13,14). The molecule has 0 atom stereocenters.